The molecule has 2 aromatic carbocycles. The lowest BCUT2D eigenvalue weighted by atomic mass is 10.2. The normalized spacial score (nSPS) is 9.91. The van der Waals surface area contributed by atoms with Crippen LogP contribution in [0.2, 0.25) is 0 Å². The highest BCUT2D eigenvalue weighted by atomic mass is 127. The van der Waals surface area contributed by atoms with Gasteiger partial charge in [0.25, 0.3) is 5.91 Å². The molecule has 3 N–H and O–H groups in total. The zero-order chi connectivity index (χ0) is 16.1. The summed E-state index contributed by atoms with van der Waals surface area (Å²) in [5.74, 6) is 0.562. The fraction of sp³-hybridized carbons (Fsp3) is 0.0667. The van der Waals surface area contributed by atoms with Crippen molar-refractivity contribution in [2.45, 2.75) is 0 Å². The van der Waals surface area contributed by atoms with E-state index in [9.17, 15) is 9.90 Å². The second-order valence-electron chi connectivity index (χ2n) is 4.30. The first-order valence-corrected chi connectivity index (χ1v) is 7.73. The lowest BCUT2D eigenvalue weighted by Gasteiger charge is -2.10. The molecule has 0 spiro atoms. The minimum absolute atomic E-state index is 0.160. The van der Waals surface area contributed by atoms with Crippen LogP contribution in [0.5, 0.6) is 11.5 Å². The van der Waals surface area contributed by atoms with Crippen LogP contribution in [0, 0.1) is 3.57 Å². The van der Waals surface area contributed by atoms with Crippen molar-refractivity contribution in [3.8, 4) is 11.5 Å². The molecule has 0 saturated carbocycles. The van der Waals surface area contributed by atoms with E-state index in [0.29, 0.717) is 17.0 Å². The molecule has 0 fully saturated rings. The van der Waals surface area contributed by atoms with Gasteiger partial charge in [0.15, 0.2) is 5.11 Å². The van der Waals surface area contributed by atoms with Gasteiger partial charge in [0.2, 0.25) is 0 Å². The van der Waals surface area contributed by atoms with Crippen LogP contribution in [0.15, 0.2) is 42.5 Å². The number of hydrogen-bond donors (Lipinski definition) is 3. The Kier molecular flexibility index (Phi) is 5.56. The van der Waals surface area contributed by atoms with Gasteiger partial charge in [-0.25, -0.2) is 0 Å². The molecule has 0 aliphatic heterocycles. The number of halogens is 1. The fourth-order valence-electron chi connectivity index (χ4n) is 1.69. The average Bonchev–Trinajstić information content (AvgIpc) is 2.49. The van der Waals surface area contributed by atoms with Crippen LogP contribution >= 0.6 is 34.8 Å². The fourth-order valence-corrected chi connectivity index (χ4v) is 2.64. The number of rotatable bonds is 3. The third-order valence-electron chi connectivity index (χ3n) is 2.77. The van der Waals surface area contributed by atoms with Gasteiger partial charge in [0.05, 0.1) is 10.7 Å². The van der Waals surface area contributed by atoms with Gasteiger partial charge in [-0.2, -0.15) is 0 Å². The monoisotopic (exact) mass is 428 g/mol. The van der Waals surface area contributed by atoms with Gasteiger partial charge in [-0.3, -0.25) is 10.1 Å². The summed E-state index contributed by atoms with van der Waals surface area (Å²) in [6.07, 6.45) is 0. The number of methoxy groups -OCH3 is 1. The number of anilines is 1. The molecule has 0 saturated heterocycles. The second-order valence-corrected chi connectivity index (χ2v) is 5.87. The van der Waals surface area contributed by atoms with Crippen LogP contribution in [0.1, 0.15) is 10.4 Å². The van der Waals surface area contributed by atoms with Gasteiger partial charge < -0.3 is 15.2 Å². The Hall–Kier alpha value is -1.87. The van der Waals surface area contributed by atoms with Gasteiger partial charge in [-0.1, -0.05) is 0 Å². The Bertz CT molecular complexity index is 704. The summed E-state index contributed by atoms with van der Waals surface area (Å²) >= 11 is 7.19. The number of carbonyl (C=O) groups excluding carboxylic acids is 1. The van der Waals surface area contributed by atoms with Gasteiger partial charge in [-0.05, 0) is 77.3 Å². The Balaban J connectivity index is 2.00. The third kappa shape index (κ3) is 4.31. The van der Waals surface area contributed by atoms with Crippen LogP contribution in [0.25, 0.3) is 0 Å². The minimum Gasteiger partial charge on any atom is -0.508 e. The zero-order valence-electron chi connectivity index (χ0n) is 11.6. The smallest absolute Gasteiger partial charge is 0.257 e. The zero-order valence-corrected chi connectivity index (χ0v) is 14.6. The molecule has 0 aliphatic carbocycles. The second kappa shape index (κ2) is 7.41. The molecule has 0 unspecified atom stereocenters. The summed E-state index contributed by atoms with van der Waals surface area (Å²) in [5, 5.41) is 14.9. The lowest BCUT2D eigenvalue weighted by molar-refractivity contribution is 0.0977. The number of aromatic hydroxyl groups is 1. The van der Waals surface area contributed by atoms with Crippen molar-refractivity contribution in [3.05, 3.63) is 51.6 Å². The molecule has 114 valence electrons. The van der Waals surface area contributed by atoms with E-state index in [4.69, 9.17) is 17.0 Å². The van der Waals surface area contributed by atoms with E-state index in [0.717, 1.165) is 3.57 Å². The van der Waals surface area contributed by atoms with Crippen LogP contribution in [0.4, 0.5) is 5.69 Å². The van der Waals surface area contributed by atoms with E-state index in [1.54, 1.807) is 37.4 Å². The summed E-state index contributed by atoms with van der Waals surface area (Å²) < 4.78 is 5.99. The van der Waals surface area contributed by atoms with Crippen molar-refractivity contribution in [1.29, 1.82) is 0 Å². The molecular formula is C15H13IN2O3S. The first kappa shape index (κ1) is 16.5. The van der Waals surface area contributed by atoms with Crippen molar-refractivity contribution in [3.63, 3.8) is 0 Å². The van der Waals surface area contributed by atoms with Gasteiger partial charge in [0.1, 0.15) is 11.5 Å². The number of phenolic OH excluding ortho intramolecular Hbond substituents is 1. The van der Waals surface area contributed by atoms with E-state index in [1.807, 2.05) is 0 Å². The SMILES string of the molecule is COc1ccc(C(=O)NC(=S)Nc2ccc(O)cc2)cc1I. The highest BCUT2D eigenvalue weighted by molar-refractivity contribution is 14.1. The molecule has 0 atom stereocenters. The van der Waals surface area contributed by atoms with E-state index >= 15 is 0 Å². The topological polar surface area (TPSA) is 70.6 Å². The molecule has 5 nitrogen and oxygen atoms in total. The maximum Gasteiger partial charge on any atom is 0.257 e. The van der Waals surface area contributed by atoms with Gasteiger partial charge in [-0.15, -0.1) is 0 Å². The Labute approximate surface area is 146 Å². The largest absolute Gasteiger partial charge is 0.508 e. The van der Waals surface area contributed by atoms with Crippen molar-refractivity contribution in [2.24, 2.45) is 0 Å². The van der Waals surface area contributed by atoms with E-state index in [-0.39, 0.29) is 16.8 Å². The van der Waals surface area contributed by atoms with Crippen molar-refractivity contribution >= 4 is 51.5 Å². The first-order chi connectivity index (χ1) is 10.5. The Morgan fingerprint density at radius 2 is 1.91 bits per heavy atom. The molecule has 2 aromatic rings. The molecule has 2 rings (SSSR count). The molecule has 0 aliphatic rings. The first-order valence-electron chi connectivity index (χ1n) is 6.24. The number of thiocarbonyl (C=S) groups is 1. The predicted octanol–water partition coefficient (Wildman–Crippen LogP) is 3.13. The number of amides is 1. The van der Waals surface area contributed by atoms with Crippen molar-refractivity contribution in [1.82, 2.24) is 5.32 Å². The molecule has 0 radical (unpaired) electrons. The minimum atomic E-state index is -0.308. The summed E-state index contributed by atoms with van der Waals surface area (Å²) in [6.45, 7) is 0. The number of phenols is 1. The molecule has 0 aromatic heterocycles. The van der Waals surface area contributed by atoms with Crippen LogP contribution < -0.4 is 15.4 Å². The molecule has 7 heteroatoms. The van der Waals surface area contributed by atoms with E-state index < -0.39 is 0 Å². The van der Waals surface area contributed by atoms with Crippen molar-refractivity contribution in [2.75, 3.05) is 12.4 Å². The number of benzene rings is 2. The van der Waals surface area contributed by atoms with Gasteiger partial charge in [0, 0.05) is 11.3 Å². The number of ether oxygens (including phenoxy) is 1. The van der Waals surface area contributed by atoms with E-state index in [2.05, 4.69) is 33.2 Å². The van der Waals surface area contributed by atoms with Crippen LogP contribution in [-0.4, -0.2) is 23.2 Å². The summed E-state index contributed by atoms with van der Waals surface area (Å²) in [4.78, 5) is 12.1. The standard InChI is InChI=1S/C15H13IN2O3S/c1-21-13-7-2-9(8-12(13)16)14(20)18-15(22)17-10-3-5-11(19)6-4-10/h2-8,19H,1H3,(H2,17,18,20,22). The maximum absolute atomic E-state index is 12.1. The molecule has 22 heavy (non-hydrogen) atoms. The third-order valence-corrected chi connectivity index (χ3v) is 3.81. The average molecular weight is 428 g/mol. The number of hydrogen-bond acceptors (Lipinski definition) is 4. The molecule has 0 bridgehead atoms. The lowest BCUT2D eigenvalue weighted by Crippen LogP contribution is -2.34. The Morgan fingerprint density at radius 3 is 2.50 bits per heavy atom. The van der Waals surface area contributed by atoms with Crippen LogP contribution in [0.3, 0.4) is 0 Å². The van der Waals surface area contributed by atoms with E-state index in [1.165, 1.54) is 12.1 Å². The maximum atomic E-state index is 12.1. The Morgan fingerprint density at radius 1 is 1.23 bits per heavy atom. The predicted molar refractivity (Wildman–Crippen MR) is 97.5 cm³/mol. The molecular weight excluding hydrogens is 415 g/mol. The number of nitrogens with one attached hydrogen (secondary N) is 2. The van der Waals surface area contributed by atoms with Gasteiger partial charge >= 0.3 is 0 Å². The molecule has 0 heterocycles. The van der Waals surface area contributed by atoms with Crippen molar-refractivity contribution < 1.29 is 14.6 Å². The summed E-state index contributed by atoms with van der Waals surface area (Å²) in [7, 11) is 1.58. The van der Waals surface area contributed by atoms with Crippen LogP contribution in [-0.2, 0) is 0 Å². The highest BCUT2D eigenvalue weighted by Gasteiger charge is 2.10. The summed E-state index contributed by atoms with van der Waals surface area (Å²) in [6, 6.07) is 11.5. The quantitative estimate of drug-likeness (QED) is 0.398. The summed E-state index contributed by atoms with van der Waals surface area (Å²) in [5.41, 5.74) is 1.16. The molecule has 1 amide bonds. The highest BCUT2D eigenvalue weighted by Crippen LogP contribution is 2.21. The number of carbonyl (C=O) groups is 1.